The van der Waals surface area contributed by atoms with Gasteiger partial charge < -0.3 is 14.5 Å². The number of rotatable bonds is 4. The largest absolute Gasteiger partial charge is 0.375 e. The number of likely N-dealkylation sites (N-methyl/N-ethyl adjacent to an activating group) is 1. The van der Waals surface area contributed by atoms with Crippen molar-refractivity contribution in [2.24, 2.45) is 0 Å². The average Bonchev–Trinajstić information content (AvgIpc) is 2.48. The van der Waals surface area contributed by atoms with Crippen molar-refractivity contribution in [1.82, 2.24) is 9.88 Å². The fourth-order valence-corrected chi connectivity index (χ4v) is 2.45. The molecule has 1 atom stereocenters. The van der Waals surface area contributed by atoms with Crippen LogP contribution in [0.2, 0.25) is 0 Å². The maximum Gasteiger partial charge on any atom is 0.248 e. The Bertz CT molecular complexity index is 410. The molecule has 2 rings (SSSR count). The number of hydrogen-bond acceptors (Lipinski definition) is 4. The number of hydrogen-bond donors (Lipinski definition) is 0. The normalized spacial score (nSPS) is 19.3. The van der Waals surface area contributed by atoms with Gasteiger partial charge in [-0.1, -0.05) is 6.07 Å². The molecule has 0 aromatic carbocycles. The number of nitrogens with zero attached hydrogens (tertiary/aromatic N) is 3. The van der Waals surface area contributed by atoms with Gasteiger partial charge in [-0.05, 0) is 25.0 Å². The first-order valence-electron chi connectivity index (χ1n) is 6.63. The standard InChI is InChI=1S/C14H21N3O2/c1-16(14(18)11-19-2)12-6-5-9-17(10-12)13-7-3-4-8-15-13/h3-4,7-8,12H,5-6,9-11H2,1-2H3. The third-order valence-electron chi connectivity index (χ3n) is 3.58. The van der Waals surface area contributed by atoms with Gasteiger partial charge in [-0.25, -0.2) is 4.98 Å². The molecule has 0 spiro atoms. The minimum Gasteiger partial charge on any atom is -0.375 e. The molecule has 0 bridgehead atoms. The lowest BCUT2D eigenvalue weighted by Gasteiger charge is -2.38. The molecule has 1 amide bonds. The molecule has 1 aromatic heterocycles. The number of carbonyl (C=O) groups is 1. The van der Waals surface area contributed by atoms with Gasteiger partial charge in [0.2, 0.25) is 5.91 Å². The summed E-state index contributed by atoms with van der Waals surface area (Å²) in [5, 5.41) is 0. The molecule has 1 aliphatic heterocycles. The Hall–Kier alpha value is -1.62. The van der Waals surface area contributed by atoms with Crippen molar-refractivity contribution in [3.63, 3.8) is 0 Å². The van der Waals surface area contributed by atoms with E-state index in [0.717, 1.165) is 31.7 Å². The Morgan fingerprint density at radius 1 is 1.58 bits per heavy atom. The van der Waals surface area contributed by atoms with E-state index < -0.39 is 0 Å². The summed E-state index contributed by atoms with van der Waals surface area (Å²) in [5.74, 6) is 1.02. The lowest BCUT2D eigenvalue weighted by Crippen LogP contribution is -2.49. The van der Waals surface area contributed by atoms with E-state index in [2.05, 4.69) is 9.88 Å². The van der Waals surface area contributed by atoms with Crippen molar-refractivity contribution in [2.45, 2.75) is 18.9 Å². The van der Waals surface area contributed by atoms with Gasteiger partial charge in [-0.2, -0.15) is 0 Å². The quantitative estimate of drug-likeness (QED) is 0.817. The second-order valence-corrected chi connectivity index (χ2v) is 4.87. The fourth-order valence-electron chi connectivity index (χ4n) is 2.45. The summed E-state index contributed by atoms with van der Waals surface area (Å²) in [6.45, 7) is 1.99. The lowest BCUT2D eigenvalue weighted by atomic mass is 10.0. The smallest absolute Gasteiger partial charge is 0.248 e. The highest BCUT2D eigenvalue weighted by Gasteiger charge is 2.26. The molecule has 1 aliphatic rings. The van der Waals surface area contributed by atoms with Gasteiger partial charge in [0.25, 0.3) is 0 Å². The van der Waals surface area contributed by atoms with Crippen molar-refractivity contribution in [3.05, 3.63) is 24.4 Å². The summed E-state index contributed by atoms with van der Waals surface area (Å²) in [6, 6.07) is 6.16. The zero-order valence-corrected chi connectivity index (χ0v) is 11.6. The summed E-state index contributed by atoms with van der Waals surface area (Å²) in [5.41, 5.74) is 0. The number of methoxy groups -OCH3 is 1. The number of pyridine rings is 1. The maximum absolute atomic E-state index is 11.9. The number of carbonyl (C=O) groups excluding carboxylic acids is 1. The molecule has 5 heteroatoms. The molecule has 2 heterocycles. The highest BCUT2D eigenvalue weighted by Crippen LogP contribution is 2.20. The first-order chi connectivity index (χ1) is 9.22. The molecule has 0 saturated carbocycles. The van der Waals surface area contributed by atoms with Gasteiger partial charge in [0, 0.05) is 39.5 Å². The molecule has 1 aromatic rings. The van der Waals surface area contributed by atoms with Crippen molar-refractivity contribution in [3.8, 4) is 0 Å². The molecular formula is C14H21N3O2. The van der Waals surface area contributed by atoms with Gasteiger partial charge in [0.05, 0.1) is 0 Å². The van der Waals surface area contributed by atoms with Crippen LogP contribution in [0, 0.1) is 0 Å². The van der Waals surface area contributed by atoms with E-state index in [4.69, 9.17) is 4.74 Å². The Morgan fingerprint density at radius 3 is 3.11 bits per heavy atom. The van der Waals surface area contributed by atoms with E-state index in [0.29, 0.717) is 0 Å². The summed E-state index contributed by atoms with van der Waals surface area (Å²) < 4.78 is 4.91. The van der Waals surface area contributed by atoms with Crippen molar-refractivity contribution in [1.29, 1.82) is 0 Å². The topological polar surface area (TPSA) is 45.7 Å². The van der Waals surface area contributed by atoms with Crippen LogP contribution < -0.4 is 4.90 Å². The Labute approximate surface area is 114 Å². The SMILES string of the molecule is COCC(=O)N(C)C1CCCN(c2ccccn2)C1. The average molecular weight is 263 g/mol. The zero-order chi connectivity index (χ0) is 13.7. The highest BCUT2D eigenvalue weighted by atomic mass is 16.5. The van der Waals surface area contributed by atoms with Crippen molar-refractivity contribution < 1.29 is 9.53 Å². The predicted molar refractivity (Wildman–Crippen MR) is 74.1 cm³/mol. The first-order valence-corrected chi connectivity index (χ1v) is 6.63. The van der Waals surface area contributed by atoms with Crippen LogP contribution >= 0.6 is 0 Å². The van der Waals surface area contributed by atoms with E-state index >= 15 is 0 Å². The predicted octanol–water partition coefficient (Wildman–Crippen LogP) is 1.16. The Kier molecular flexibility index (Phi) is 4.74. The summed E-state index contributed by atoms with van der Waals surface area (Å²) in [7, 11) is 3.40. The number of anilines is 1. The highest BCUT2D eigenvalue weighted by molar-refractivity contribution is 5.77. The molecule has 1 unspecified atom stereocenters. The third kappa shape index (κ3) is 3.44. The number of ether oxygens (including phenoxy) is 1. The molecule has 1 fully saturated rings. The number of aromatic nitrogens is 1. The molecule has 1 saturated heterocycles. The molecule has 5 nitrogen and oxygen atoms in total. The Morgan fingerprint density at radius 2 is 2.42 bits per heavy atom. The lowest BCUT2D eigenvalue weighted by molar-refractivity contribution is -0.136. The van der Waals surface area contributed by atoms with Gasteiger partial charge in [-0.3, -0.25) is 4.79 Å². The molecule has 0 N–H and O–H groups in total. The molecule has 104 valence electrons. The summed E-state index contributed by atoms with van der Waals surface area (Å²) in [6.07, 6.45) is 3.92. The van der Waals surface area contributed by atoms with Gasteiger partial charge in [-0.15, -0.1) is 0 Å². The van der Waals surface area contributed by atoms with Crippen LogP contribution in [-0.2, 0) is 9.53 Å². The van der Waals surface area contributed by atoms with E-state index in [-0.39, 0.29) is 18.6 Å². The van der Waals surface area contributed by atoms with Crippen LogP contribution in [0.3, 0.4) is 0 Å². The molecular weight excluding hydrogens is 242 g/mol. The van der Waals surface area contributed by atoms with Crippen LogP contribution in [0.15, 0.2) is 24.4 Å². The Balaban J connectivity index is 1.99. The van der Waals surface area contributed by atoms with Crippen LogP contribution in [-0.4, -0.2) is 55.7 Å². The van der Waals surface area contributed by atoms with Crippen LogP contribution in [0.5, 0.6) is 0 Å². The second-order valence-electron chi connectivity index (χ2n) is 4.87. The van der Waals surface area contributed by atoms with Crippen molar-refractivity contribution in [2.75, 3.05) is 38.8 Å². The van der Waals surface area contributed by atoms with Gasteiger partial charge >= 0.3 is 0 Å². The van der Waals surface area contributed by atoms with Gasteiger partial charge in [0.1, 0.15) is 12.4 Å². The molecule has 19 heavy (non-hydrogen) atoms. The summed E-state index contributed by atoms with van der Waals surface area (Å²) >= 11 is 0. The monoisotopic (exact) mass is 263 g/mol. The van der Waals surface area contributed by atoms with E-state index in [1.165, 1.54) is 0 Å². The van der Waals surface area contributed by atoms with E-state index in [1.54, 1.807) is 18.2 Å². The number of piperidine rings is 1. The van der Waals surface area contributed by atoms with Crippen LogP contribution in [0.1, 0.15) is 12.8 Å². The van der Waals surface area contributed by atoms with Crippen LogP contribution in [0.4, 0.5) is 5.82 Å². The van der Waals surface area contributed by atoms with Gasteiger partial charge in [0.15, 0.2) is 0 Å². The zero-order valence-electron chi connectivity index (χ0n) is 11.6. The summed E-state index contributed by atoms with van der Waals surface area (Å²) in [4.78, 5) is 20.3. The third-order valence-corrected chi connectivity index (χ3v) is 3.58. The molecule has 0 radical (unpaired) electrons. The second kappa shape index (κ2) is 6.52. The minimum atomic E-state index is 0.0374. The maximum atomic E-state index is 11.9. The van der Waals surface area contributed by atoms with E-state index in [1.807, 2.05) is 25.2 Å². The van der Waals surface area contributed by atoms with Crippen LogP contribution in [0.25, 0.3) is 0 Å². The molecule has 0 aliphatic carbocycles. The minimum absolute atomic E-state index is 0.0374. The van der Waals surface area contributed by atoms with Crippen molar-refractivity contribution >= 4 is 11.7 Å². The van der Waals surface area contributed by atoms with E-state index in [9.17, 15) is 4.79 Å². The first kappa shape index (κ1) is 13.8. The fraction of sp³-hybridized carbons (Fsp3) is 0.571. The number of amides is 1.